The highest BCUT2D eigenvalue weighted by atomic mass is 16.6. The predicted molar refractivity (Wildman–Crippen MR) is 154 cm³/mol. The number of hydrogen-bond acceptors (Lipinski definition) is 11. The summed E-state index contributed by atoms with van der Waals surface area (Å²) < 4.78 is 27.8. The molecule has 11 heteroatoms. The lowest BCUT2D eigenvalue weighted by atomic mass is 10.0. The van der Waals surface area contributed by atoms with E-state index < -0.39 is 60.9 Å². The Bertz CT molecular complexity index is 876. The van der Waals surface area contributed by atoms with Gasteiger partial charge in [-0.25, -0.2) is 0 Å². The van der Waals surface area contributed by atoms with Gasteiger partial charge in [-0.3, -0.25) is 28.8 Å². The summed E-state index contributed by atoms with van der Waals surface area (Å²) in [6.45, 7) is 17.4. The molecular weight excluding hydrogens is 548 g/mol. The third kappa shape index (κ3) is 17.7. The molecule has 0 aromatic carbocycles. The Balaban J connectivity index is 6.80. The molecule has 0 amide bonds. The van der Waals surface area contributed by atoms with E-state index in [-0.39, 0.29) is 68.0 Å². The van der Waals surface area contributed by atoms with Crippen molar-refractivity contribution < 1.29 is 52.5 Å². The number of carbonyl (C=O) groups is 6. The summed E-state index contributed by atoms with van der Waals surface area (Å²) in [5, 5.41) is 0. The number of esters is 5. The summed E-state index contributed by atoms with van der Waals surface area (Å²) in [5.41, 5.74) is 0. The first-order valence-corrected chi connectivity index (χ1v) is 14.8. The van der Waals surface area contributed by atoms with Crippen LogP contribution in [-0.4, -0.2) is 67.2 Å². The molecule has 4 atom stereocenters. The van der Waals surface area contributed by atoms with Crippen LogP contribution in [0.5, 0.6) is 0 Å². The smallest absolute Gasteiger partial charge is 0.306 e. The van der Waals surface area contributed by atoms with Crippen molar-refractivity contribution in [2.45, 2.75) is 126 Å². The predicted octanol–water partition coefficient (Wildman–Crippen LogP) is 4.61. The van der Waals surface area contributed by atoms with Crippen LogP contribution in [0.1, 0.15) is 101 Å². The van der Waals surface area contributed by atoms with Gasteiger partial charge in [0.1, 0.15) is 6.61 Å². The molecule has 11 nitrogen and oxygen atoms in total. The zero-order valence-corrected chi connectivity index (χ0v) is 27.0. The Morgan fingerprint density at radius 1 is 0.476 bits per heavy atom. The number of rotatable bonds is 20. The average molecular weight is 601 g/mol. The highest BCUT2D eigenvalue weighted by Crippen LogP contribution is 2.23. The van der Waals surface area contributed by atoms with Crippen LogP contribution in [0, 0.1) is 29.6 Å². The summed E-state index contributed by atoms with van der Waals surface area (Å²) in [6, 6.07) is 0. The van der Waals surface area contributed by atoms with Crippen LogP contribution in [-0.2, 0) is 52.5 Å². The quantitative estimate of drug-likeness (QED) is 0.110. The Morgan fingerprint density at radius 3 is 1.19 bits per heavy atom. The van der Waals surface area contributed by atoms with E-state index in [0.717, 1.165) is 0 Å². The van der Waals surface area contributed by atoms with E-state index in [1.165, 1.54) is 0 Å². The maximum atomic E-state index is 13.0. The summed E-state index contributed by atoms with van der Waals surface area (Å²) in [4.78, 5) is 76.0. The minimum absolute atomic E-state index is 0.0125. The van der Waals surface area contributed by atoms with Gasteiger partial charge in [-0.05, 0) is 29.6 Å². The minimum atomic E-state index is -1.71. The summed E-state index contributed by atoms with van der Waals surface area (Å²) >= 11 is 0. The Hall–Kier alpha value is -2.98. The SMILES string of the molecule is CC(C)CC(=O)OC[C@@H](OC(=O)CC(C)C)[C@@H](OC(=O)CC(C)C)[C@H](OC(=O)CC(C)C)[C@H](C=O)OC(=O)CC(C)C. The molecule has 0 fully saturated rings. The molecule has 0 radical (unpaired) electrons. The molecule has 0 rings (SSSR count). The van der Waals surface area contributed by atoms with Gasteiger partial charge < -0.3 is 23.7 Å². The van der Waals surface area contributed by atoms with E-state index in [9.17, 15) is 28.8 Å². The second kappa shape index (κ2) is 20.0. The fourth-order valence-corrected chi connectivity index (χ4v) is 3.76. The molecule has 242 valence electrons. The molecule has 0 aromatic rings. The van der Waals surface area contributed by atoms with Gasteiger partial charge in [0.05, 0.1) is 0 Å². The monoisotopic (exact) mass is 600 g/mol. The first-order chi connectivity index (χ1) is 19.4. The standard InChI is InChI=1S/C31H52O11/c1-18(2)11-25(33)38-17-24(40-27(35)13-20(5)6)31(42-29(37)15-22(9)10)30(41-28(36)14-21(7)8)23(16-32)39-26(34)12-19(3)4/h16,18-24,30-31H,11-15,17H2,1-10H3/t23-,24+,30+,31+/m0/s1. The Labute approximate surface area is 250 Å². The molecule has 0 saturated heterocycles. The highest BCUT2D eigenvalue weighted by Gasteiger charge is 2.45. The normalized spacial score (nSPS) is 14.4. The molecule has 0 aromatic heterocycles. The Kier molecular flexibility index (Phi) is 18.6. The number of ether oxygens (including phenoxy) is 5. The van der Waals surface area contributed by atoms with Crippen LogP contribution in [0.3, 0.4) is 0 Å². The summed E-state index contributed by atoms with van der Waals surface area (Å²) in [6.07, 6.45) is -6.34. The van der Waals surface area contributed by atoms with Gasteiger partial charge in [0.15, 0.2) is 30.7 Å². The number of hydrogen-bond donors (Lipinski definition) is 0. The van der Waals surface area contributed by atoms with Crippen LogP contribution >= 0.6 is 0 Å². The molecule has 0 bridgehead atoms. The molecule has 0 aliphatic rings. The summed E-state index contributed by atoms with van der Waals surface area (Å²) in [5.74, 6) is -3.99. The van der Waals surface area contributed by atoms with Crippen LogP contribution in [0.15, 0.2) is 0 Å². The van der Waals surface area contributed by atoms with Crippen molar-refractivity contribution >= 4 is 36.1 Å². The number of aldehydes is 1. The molecule has 0 saturated carbocycles. The number of carbonyl (C=O) groups excluding carboxylic acids is 6. The van der Waals surface area contributed by atoms with Crippen molar-refractivity contribution in [3.8, 4) is 0 Å². The lowest BCUT2D eigenvalue weighted by Crippen LogP contribution is -2.54. The Morgan fingerprint density at radius 2 is 0.810 bits per heavy atom. The van der Waals surface area contributed by atoms with Crippen molar-refractivity contribution in [3.05, 3.63) is 0 Å². The average Bonchev–Trinajstić information content (AvgIpc) is 2.80. The van der Waals surface area contributed by atoms with Gasteiger partial charge in [-0.1, -0.05) is 69.2 Å². The molecule has 0 unspecified atom stereocenters. The molecular formula is C31H52O11. The zero-order chi connectivity index (χ0) is 32.6. The van der Waals surface area contributed by atoms with Gasteiger partial charge in [-0.15, -0.1) is 0 Å². The molecule has 42 heavy (non-hydrogen) atoms. The van der Waals surface area contributed by atoms with Crippen LogP contribution in [0.2, 0.25) is 0 Å². The molecule has 0 heterocycles. The van der Waals surface area contributed by atoms with Gasteiger partial charge in [-0.2, -0.15) is 0 Å². The van der Waals surface area contributed by atoms with Crippen LogP contribution in [0.25, 0.3) is 0 Å². The van der Waals surface area contributed by atoms with Crippen molar-refractivity contribution in [3.63, 3.8) is 0 Å². The molecule has 0 aliphatic heterocycles. The second-order valence-corrected chi connectivity index (χ2v) is 12.7. The lowest BCUT2D eigenvalue weighted by molar-refractivity contribution is -0.205. The largest absolute Gasteiger partial charge is 0.462 e. The van der Waals surface area contributed by atoms with Gasteiger partial charge in [0.25, 0.3) is 0 Å². The van der Waals surface area contributed by atoms with E-state index in [0.29, 0.717) is 0 Å². The van der Waals surface area contributed by atoms with E-state index >= 15 is 0 Å². The van der Waals surface area contributed by atoms with Crippen LogP contribution in [0.4, 0.5) is 0 Å². The first kappa shape index (κ1) is 39.0. The van der Waals surface area contributed by atoms with E-state index in [2.05, 4.69) is 0 Å². The molecule has 0 spiro atoms. The molecule has 0 aliphatic carbocycles. The van der Waals surface area contributed by atoms with E-state index in [4.69, 9.17) is 23.7 Å². The van der Waals surface area contributed by atoms with Gasteiger partial charge in [0.2, 0.25) is 0 Å². The fraction of sp³-hybridized carbons (Fsp3) is 0.806. The van der Waals surface area contributed by atoms with Crippen molar-refractivity contribution in [1.29, 1.82) is 0 Å². The maximum Gasteiger partial charge on any atom is 0.306 e. The zero-order valence-electron chi connectivity index (χ0n) is 27.0. The highest BCUT2D eigenvalue weighted by molar-refractivity contribution is 5.75. The molecule has 0 N–H and O–H groups in total. The topological polar surface area (TPSA) is 149 Å². The third-order valence-electron chi connectivity index (χ3n) is 5.52. The maximum absolute atomic E-state index is 13.0. The van der Waals surface area contributed by atoms with Crippen LogP contribution < -0.4 is 0 Å². The minimum Gasteiger partial charge on any atom is -0.462 e. The summed E-state index contributed by atoms with van der Waals surface area (Å²) in [7, 11) is 0. The van der Waals surface area contributed by atoms with Gasteiger partial charge in [0, 0.05) is 32.1 Å². The van der Waals surface area contributed by atoms with E-state index in [1.807, 2.05) is 13.8 Å². The first-order valence-electron chi connectivity index (χ1n) is 14.8. The second-order valence-electron chi connectivity index (χ2n) is 12.7. The van der Waals surface area contributed by atoms with E-state index in [1.54, 1.807) is 55.4 Å². The van der Waals surface area contributed by atoms with Gasteiger partial charge >= 0.3 is 29.8 Å². The lowest BCUT2D eigenvalue weighted by Gasteiger charge is -2.34. The van der Waals surface area contributed by atoms with Crippen molar-refractivity contribution in [1.82, 2.24) is 0 Å². The van der Waals surface area contributed by atoms with Crippen molar-refractivity contribution in [2.75, 3.05) is 6.61 Å². The fourth-order valence-electron chi connectivity index (χ4n) is 3.76. The third-order valence-corrected chi connectivity index (χ3v) is 5.52. The van der Waals surface area contributed by atoms with Crippen molar-refractivity contribution in [2.24, 2.45) is 29.6 Å².